The van der Waals surface area contributed by atoms with Crippen LogP contribution in [0.4, 0.5) is 4.39 Å². The van der Waals surface area contributed by atoms with E-state index in [0.717, 1.165) is 11.3 Å². The first-order valence-corrected chi connectivity index (χ1v) is 9.46. The van der Waals surface area contributed by atoms with Crippen molar-refractivity contribution in [2.45, 2.75) is 45.6 Å². The Morgan fingerprint density at radius 1 is 1.11 bits per heavy atom. The van der Waals surface area contributed by atoms with Crippen molar-refractivity contribution in [1.29, 1.82) is 0 Å². The fourth-order valence-corrected chi connectivity index (χ4v) is 3.05. The van der Waals surface area contributed by atoms with Gasteiger partial charge in [0, 0.05) is 25.2 Å². The van der Waals surface area contributed by atoms with Crippen LogP contribution in [0.15, 0.2) is 42.5 Å². The molecule has 1 aliphatic heterocycles. The Kier molecular flexibility index (Phi) is 6.54. The summed E-state index contributed by atoms with van der Waals surface area (Å²) in [5.74, 6) is 1.18. The van der Waals surface area contributed by atoms with E-state index >= 15 is 0 Å². The number of nitrogens with zero attached hydrogens (tertiary/aromatic N) is 1. The van der Waals surface area contributed by atoms with Gasteiger partial charge in [0.1, 0.15) is 5.82 Å². The molecule has 152 valence electrons. The van der Waals surface area contributed by atoms with E-state index in [1.54, 1.807) is 12.1 Å². The summed E-state index contributed by atoms with van der Waals surface area (Å²) in [4.78, 5) is 2.01. The molecule has 0 aromatic heterocycles. The number of aliphatic hydroxyl groups is 1. The van der Waals surface area contributed by atoms with Gasteiger partial charge in [-0.15, -0.1) is 0 Å². The Morgan fingerprint density at radius 2 is 1.86 bits per heavy atom. The Hall–Kier alpha value is -2.15. The van der Waals surface area contributed by atoms with E-state index in [1.807, 2.05) is 49.9 Å². The molecule has 6 heteroatoms. The maximum Gasteiger partial charge on any atom is 0.231 e. The van der Waals surface area contributed by atoms with Crippen LogP contribution in [0.25, 0.3) is 0 Å². The maximum absolute atomic E-state index is 14.2. The van der Waals surface area contributed by atoms with Crippen LogP contribution in [-0.2, 0) is 17.8 Å². The van der Waals surface area contributed by atoms with Crippen LogP contribution in [0.2, 0.25) is 0 Å². The first kappa shape index (κ1) is 20.6. The maximum atomic E-state index is 14.2. The van der Waals surface area contributed by atoms with Crippen LogP contribution in [-0.4, -0.2) is 41.7 Å². The topological polar surface area (TPSA) is 51.2 Å². The minimum atomic E-state index is -0.681. The second-order valence-corrected chi connectivity index (χ2v) is 8.03. The van der Waals surface area contributed by atoms with Crippen LogP contribution < -0.4 is 9.47 Å². The second kappa shape index (κ2) is 8.90. The van der Waals surface area contributed by atoms with Crippen LogP contribution >= 0.6 is 0 Å². The number of halogens is 1. The predicted octanol–water partition coefficient (Wildman–Crippen LogP) is 3.73. The van der Waals surface area contributed by atoms with Gasteiger partial charge in [-0.25, -0.2) is 4.39 Å². The van der Waals surface area contributed by atoms with Crippen LogP contribution in [0.3, 0.4) is 0 Å². The zero-order valence-corrected chi connectivity index (χ0v) is 16.7. The first-order valence-electron chi connectivity index (χ1n) is 9.46. The van der Waals surface area contributed by atoms with Gasteiger partial charge >= 0.3 is 0 Å². The summed E-state index contributed by atoms with van der Waals surface area (Å²) >= 11 is 0. The van der Waals surface area contributed by atoms with Crippen LogP contribution in [0.1, 0.15) is 31.9 Å². The van der Waals surface area contributed by atoms with E-state index in [4.69, 9.17) is 14.2 Å². The molecule has 1 N–H and O–H groups in total. The van der Waals surface area contributed by atoms with E-state index in [1.165, 1.54) is 6.07 Å². The summed E-state index contributed by atoms with van der Waals surface area (Å²) in [6.07, 6.45) is -0.681. The number of rotatable bonds is 8. The zero-order valence-electron chi connectivity index (χ0n) is 16.7. The fourth-order valence-electron chi connectivity index (χ4n) is 3.05. The van der Waals surface area contributed by atoms with E-state index in [9.17, 15) is 9.50 Å². The van der Waals surface area contributed by atoms with Gasteiger partial charge in [-0.05, 0) is 44.5 Å². The van der Waals surface area contributed by atoms with Crippen molar-refractivity contribution >= 4 is 0 Å². The highest BCUT2D eigenvalue weighted by atomic mass is 19.1. The molecule has 2 aromatic rings. The SMILES string of the molecule is CC(C)(C)OC[C@@H](O)CN(Cc1ccc2c(c1)OCO2)Cc1ccccc1F. The van der Waals surface area contributed by atoms with Crippen molar-refractivity contribution in [3.05, 3.63) is 59.4 Å². The number of hydrogen-bond acceptors (Lipinski definition) is 5. The number of hydrogen-bond donors (Lipinski definition) is 1. The standard InChI is InChI=1S/C22H28FNO4/c1-22(2,3)28-14-18(25)13-24(12-17-6-4-5-7-19(17)23)11-16-8-9-20-21(10-16)27-15-26-20/h4-10,18,25H,11-15H2,1-3H3/t18-/m0/s1. The fraction of sp³-hybridized carbons (Fsp3) is 0.455. The lowest BCUT2D eigenvalue weighted by atomic mass is 10.1. The largest absolute Gasteiger partial charge is 0.454 e. The molecule has 1 aliphatic rings. The predicted molar refractivity (Wildman–Crippen MR) is 105 cm³/mol. The summed E-state index contributed by atoms with van der Waals surface area (Å²) in [6, 6.07) is 12.5. The van der Waals surface area contributed by atoms with Crippen molar-refractivity contribution in [3.8, 4) is 11.5 Å². The molecule has 2 aromatic carbocycles. The molecule has 28 heavy (non-hydrogen) atoms. The van der Waals surface area contributed by atoms with Gasteiger partial charge in [0.25, 0.3) is 0 Å². The van der Waals surface area contributed by atoms with Crippen LogP contribution in [0, 0.1) is 5.82 Å². The summed E-state index contributed by atoms with van der Waals surface area (Å²) in [7, 11) is 0. The monoisotopic (exact) mass is 389 g/mol. The number of fused-ring (bicyclic) bond motifs is 1. The van der Waals surface area contributed by atoms with E-state index in [0.29, 0.717) is 30.9 Å². The molecule has 0 radical (unpaired) electrons. The van der Waals surface area contributed by atoms with E-state index in [-0.39, 0.29) is 24.8 Å². The summed E-state index contributed by atoms with van der Waals surface area (Å²) in [5.41, 5.74) is 1.27. The molecule has 0 fully saturated rings. The Balaban J connectivity index is 1.71. The summed E-state index contributed by atoms with van der Waals surface area (Å²) < 4.78 is 30.7. The van der Waals surface area contributed by atoms with Gasteiger partial charge in [-0.1, -0.05) is 24.3 Å². The lowest BCUT2D eigenvalue weighted by Gasteiger charge is -2.27. The molecule has 0 spiro atoms. The van der Waals surface area contributed by atoms with Crippen molar-refractivity contribution in [3.63, 3.8) is 0 Å². The smallest absolute Gasteiger partial charge is 0.231 e. The molecule has 0 unspecified atom stereocenters. The van der Waals surface area contributed by atoms with Gasteiger partial charge in [0.2, 0.25) is 6.79 Å². The third-order valence-corrected chi connectivity index (χ3v) is 4.37. The molecule has 0 saturated carbocycles. The van der Waals surface area contributed by atoms with E-state index in [2.05, 4.69) is 0 Å². The Bertz CT molecular complexity index is 790. The van der Waals surface area contributed by atoms with E-state index < -0.39 is 6.10 Å². The molecule has 0 bridgehead atoms. The molecule has 0 amide bonds. The average molecular weight is 389 g/mol. The molecule has 1 heterocycles. The first-order chi connectivity index (χ1) is 13.3. The van der Waals surface area contributed by atoms with Gasteiger partial charge in [0.15, 0.2) is 11.5 Å². The van der Waals surface area contributed by atoms with Crippen LogP contribution in [0.5, 0.6) is 11.5 Å². The van der Waals surface area contributed by atoms with Crippen molar-refractivity contribution in [1.82, 2.24) is 4.90 Å². The minimum Gasteiger partial charge on any atom is -0.454 e. The Labute approximate surface area is 165 Å². The molecule has 5 nitrogen and oxygen atoms in total. The third-order valence-electron chi connectivity index (χ3n) is 4.37. The van der Waals surface area contributed by atoms with Gasteiger partial charge in [-0.3, -0.25) is 4.90 Å². The molecular weight excluding hydrogens is 361 g/mol. The highest BCUT2D eigenvalue weighted by Crippen LogP contribution is 2.33. The molecule has 0 aliphatic carbocycles. The lowest BCUT2D eigenvalue weighted by Crippen LogP contribution is -2.36. The number of benzene rings is 2. The van der Waals surface area contributed by atoms with Gasteiger partial charge < -0.3 is 19.3 Å². The Morgan fingerprint density at radius 3 is 2.61 bits per heavy atom. The van der Waals surface area contributed by atoms with Crippen molar-refractivity contribution < 1.29 is 23.7 Å². The summed E-state index contributed by atoms with van der Waals surface area (Å²) in [5, 5.41) is 10.5. The molecule has 3 rings (SSSR count). The molecule has 1 atom stereocenters. The molecule has 0 saturated heterocycles. The highest BCUT2D eigenvalue weighted by molar-refractivity contribution is 5.44. The average Bonchev–Trinajstić information content (AvgIpc) is 3.09. The quantitative estimate of drug-likeness (QED) is 0.746. The number of aliphatic hydroxyl groups excluding tert-OH is 1. The lowest BCUT2D eigenvalue weighted by molar-refractivity contribution is -0.0573. The number of ether oxygens (including phenoxy) is 3. The zero-order chi connectivity index (χ0) is 20.1. The van der Waals surface area contributed by atoms with Crippen molar-refractivity contribution in [2.75, 3.05) is 19.9 Å². The van der Waals surface area contributed by atoms with Gasteiger partial charge in [0.05, 0.1) is 18.3 Å². The minimum absolute atomic E-state index is 0.221. The van der Waals surface area contributed by atoms with Crippen molar-refractivity contribution in [2.24, 2.45) is 0 Å². The summed E-state index contributed by atoms with van der Waals surface area (Å²) in [6.45, 7) is 7.57. The van der Waals surface area contributed by atoms with Gasteiger partial charge in [-0.2, -0.15) is 0 Å². The normalized spacial score (nSPS) is 14.5. The third kappa shape index (κ3) is 5.92. The molecular formula is C22H28FNO4. The second-order valence-electron chi connectivity index (χ2n) is 8.03. The highest BCUT2D eigenvalue weighted by Gasteiger charge is 2.19.